The fourth-order valence-electron chi connectivity index (χ4n) is 2.59. The quantitative estimate of drug-likeness (QED) is 0.587. The van der Waals surface area contributed by atoms with E-state index in [1.54, 1.807) is 24.3 Å². The Morgan fingerprint density at radius 1 is 0.958 bits per heavy atom. The molecule has 0 fully saturated rings. The van der Waals surface area contributed by atoms with E-state index in [0.29, 0.717) is 5.13 Å². The predicted octanol–water partition coefficient (Wildman–Crippen LogP) is 4.56. The number of thiazole rings is 1. The fraction of sp³-hybridized carbons (Fsp3) is 0.0556. The maximum absolute atomic E-state index is 12.5. The first-order valence-corrected chi connectivity index (χ1v) is 9.71. The van der Waals surface area contributed by atoms with Crippen LogP contribution in [0.25, 0.3) is 21.0 Å². The molecule has 0 saturated carbocycles. The van der Waals surface area contributed by atoms with Gasteiger partial charge in [0.05, 0.1) is 15.1 Å². The van der Waals surface area contributed by atoms with E-state index in [0.717, 1.165) is 26.6 Å². The molecule has 4 aromatic rings. The normalized spacial score (nSPS) is 11.9. The van der Waals surface area contributed by atoms with Crippen molar-refractivity contribution in [1.82, 2.24) is 4.98 Å². The zero-order valence-corrected chi connectivity index (χ0v) is 14.5. The Bertz CT molecular complexity index is 1150. The first kappa shape index (κ1) is 15.1. The molecule has 1 N–H and O–H groups in total. The van der Waals surface area contributed by atoms with Crippen molar-refractivity contribution in [2.45, 2.75) is 11.8 Å². The van der Waals surface area contributed by atoms with E-state index in [9.17, 15) is 8.42 Å². The largest absolute Gasteiger partial charge is 0.263 e. The molecule has 3 aromatic carbocycles. The number of benzene rings is 3. The molecule has 0 unspecified atom stereocenters. The Morgan fingerprint density at radius 2 is 1.71 bits per heavy atom. The Morgan fingerprint density at radius 3 is 2.50 bits per heavy atom. The van der Waals surface area contributed by atoms with Crippen LogP contribution in [0.2, 0.25) is 0 Å². The van der Waals surface area contributed by atoms with E-state index in [2.05, 4.69) is 9.71 Å². The topological polar surface area (TPSA) is 59.1 Å². The number of anilines is 1. The summed E-state index contributed by atoms with van der Waals surface area (Å²) in [5.74, 6) is 0. The molecule has 0 saturated heterocycles. The van der Waals surface area contributed by atoms with Crippen LogP contribution in [-0.2, 0) is 10.0 Å². The molecule has 4 rings (SSSR count). The van der Waals surface area contributed by atoms with E-state index < -0.39 is 10.0 Å². The summed E-state index contributed by atoms with van der Waals surface area (Å²) in [5, 5.41) is 2.57. The lowest BCUT2D eigenvalue weighted by Gasteiger charge is -2.04. The number of sulfonamides is 1. The van der Waals surface area contributed by atoms with Crippen molar-refractivity contribution in [3.63, 3.8) is 0 Å². The highest BCUT2D eigenvalue weighted by atomic mass is 32.2. The van der Waals surface area contributed by atoms with Gasteiger partial charge < -0.3 is 0 Å². The van der Waals surface area contributed by atoms with Crippen molar-refractivity contribution < 1.29 is 8.42 Å². The van der Waals surface area contributed by atoms with Crippen molar-refractivity contribution in [3.8, 4) is 0 Å². The minimum Gasteiger partial charge on any atom is -0.255 e. The highest BCUT2D eigenvalue weighted by Gasteiger charge is 2.17. The molecule has 0 amide bonds. The van der Waals surface area contributed by atoms with Crippen LogP contribution in [-0.4, -0.2) is 13.4 Å². The van der Waals surface area contributed by atoms with Crippen LogP contribution in [0.5, 0.6) is 0 Å². The maximum atomic E-state index is 12.5. The predicted molar refractivity (Wildman–Crippen MR) is 99.1 cm³/mol. The van der Waals surface area contributed by atoms with Gasteiger partial charge in [0, 0.05) is 5.39 Å². The maximum Gasteiger partial charge on any atom is 0.263 e. The standard InChI is InChI=1S/C18H14N2O2S2/c1-12-6-9-14(10-7-12)24(21,22)20-18-19-16-11-8-13-4-2-3-5-15(13)17(16)23-18/h2-11H,1H3,(H,19,20). The molecule has 1 heterocycles. The summed E-state index contributed by atoms with van der Waals surface area (Å²) < 4.78 is 28.6. The molecule has 4 nitrogen and oxygen atoms in total. The molecular formula is C18H14N2O2S2. The third kappa shape index (κ3) is 2.64. The molecular weight excluding hydrogens is 340 g/mol. The molecule has 0 spiro atoms. The average Bonchev–Trinajstić information content (AvgIpc) is 2.97. The monoisotopic (exact) mass is 354 g/mol. The van der Waals surface area contributed by atoms with Gasteiger partial charge in [-0.05, 0) is 30.5 Å². The summed E-state index contributed by atoms with van der Waals surface area (Å²) in [5.41, 5.74) is 1.81. The van der Waals surface area contributed by atoms with Gasteiger partial charge in [0.25, 0.3) is 10.0 Å². The van der Waals surface area contributed by atoms with Crippen molar-refractivity contribution in [2.75, 3.05) is 4.72 Å². The van der Waals surface area contributed by atoms with Gasteiger partial charge in [-0.3, -0.25) is 4.72 Å². The molecule has 0 atom stereocenters. The summed E-state index contributed by atoms with van der Waals surface area (Å²) in [7, 11) is -3.63. The zero-order chi connectivity index (χ0) is 16.7. The first-order valence-electron chi connectivity index (χ1n) is 7.41. The van der Waals surface area contributed by atoms with Crippen LogP contribution in [0.15, 0.2) is 65.6 Å². The van der Waals surface area contributed by atoms with E-state index in [-0.39, 0.29) is 4.90 Å². The molecule has 24 heavy (non-hydrogen) atoms. The van der Waals surface area contributed by atoms with Gasteiger partial charge >= 0.3 is 0 Å². The lowest BCUT2D eigenvalue weighted by atomic mass is 10.1. The van der Waals surface area contributed by atoms with Gasteiger partial charge in [0.15, 0.2) is 5.13 Å². The zero-order valence-electron chi connectivity index (χ0n) is 12.9. The Labute approximate surface area is 143 Å². The van der Waals surface area contributed by atoms with E-state index in [4.69, 9.17) is 0 Å². The van der Waals surface area contributed by atoms with E-state index >= 15 is 0 Å². The third-order valence-electron chi connectivity index (χ3n) is 3.83. The highest BCUT2D eigenvalue weighted by molar-refractivity contribution is 7.93. The molecule has 6 heteroatoms. The number of fused-ring (bicyclic) bond motifs is 3. The summed E-state index contributed by atoms with van der Waals surface area (Å²) in [6.07, 6.45) is 0. The summed E-state index contributed by atoms with van der Waals surface area (Å²) in [4.78, 5) is 4.65. The smallest absolute Gasteiger partial charge is 0.255 e. The first-order chi connectivity index (χ1) is 11.5. The van der Waals surface area contributed by atoms with Gasteiger partial charge in [-0.2, -0.15) is 0 Å². The second kappa shape index (κ2) is 5.58. The SMILES string of the molecule is Cc1ccc(S(=O)(=O)Nc2nc3ccc4ccccc4c3s2)cc1. The van der Waals surface area contributed by atoms with Crippen molar-refractivity contribution in [2.24, 2.45) is 0 Å². The van der Waals surface area contributed by atoms with E-state index in [1.165, 1.54) is 11.3 Å². The van der Waals surface area contributed by atoms with Crippen LogP contribution >= 0.6 is 11.3 Å². The number of nitrogens with zero attached hydrogens (tertiary/aromatic N) is 1. The Hall–Kier alpha value is -2.44. The van der Waals surface area contributed by atoms with Crippen LogP contribution in [0.3, 0.4) is 0 Å². The van der Waals surface area contributed by atoms with Gasteiger partial charge in [0.1, 0.15) is 0 Å². The second-order valence-electron chi connectivity index (χ2n) is 5.57. The number of aryl methyl sites for hydroxylation is 1. The summed E-state index contributed by atoms with van der Waals surface area (Å²) in [6, 6.07) is 18.7. The number of rotatable bonds is 3. The molecule has 0 aliphatic heterocycles. The van der Waals surface area contributed by atoms with Gasteiger partial charge in [-0.1, -0.05) is 59.4 Å². The molecule has 0 aliphatic rings. The second-order valence-corrected chi connectivity index (χ2v) is 8.25. The van der Waals surface area contributed by atoms with Gasteiger partial charge in [-0.25, -0.2) is 13.4 Å². The lowest BCUT2D eigenvalue weighted by Crippen LogP contribution is -2.12. The van der Waals surface area contributed by atoms with Crippen molar-refractivity contribution in [1.29, 1.82) is 0 Å². The third-order valence-corrected chi connectivity index (χ3v) is 6.34. The van der Waals surface area contributed by atoms with Crippen molar-refractivity contribution in [3.05, 3.63) is 66.2 Å². The van der Waals surface area contributed by atoms with Gasteiger partial charge in [-0.15, -0.1) is 0 Å². The number of hydrogen-bond acceptors (Lipinski definition) is 4. The van der Waals surface area contributed by atoms with E-state index in [1.807, 2.05) is 43.3 Å². The molecule has 120 valence electrons. The average molecular weight is 354 g/mol. The highest BCUT2D eigenvalue weighted by Crippen LogP contribution is 2.33. The number of hydrogen-bond donors (Lipinski definition) is 1. The van der Waals surface area contributed by atoms with Crippen molar-refractivity contribution >= 4 is 47.5 Å². The van der Waals surface area contributed by atoms with Crippen LogP contribution in [0.1, 0.15) is 5.56 Å². The molecule has 1 aromatic heterocycles. The fourth-order valence-corrected chi connectivity index (χ4v) is 4.83. The van der Waals surface area contributed by atoms with Crippen LogP contribution in [0, 0.1) is 6.92 Å². The molecule has 0 bridgehead atoms. The Kier molecular flexibility index (Phi) is 3.51. The minimum absolute atomic E-state index is 0.234. The Balaban J connectivity index is 1.77. The molecule has 0 radical (unpaired) electrons. The minimum atomic E-state index is -3.63. The van der Waals surface area contributed by atoms with Crippen LogP contribution in [0.4, 0.5) is 5.13 Å². The summed E-state index contributed by atoms with van der Waals surface area (Å²) >= 11 is 1.35. The lowest BCUT2D eigenvalue weighted by molar-refractivity contribution is 0.601. The van der Waals surface area contributed by atoms with Gasteiger partial charge in [0.2, 0.25) is 0 Å². The number of nitrogens with one attached hydrogen (secondary N) is 1. The molecule has 0 aliphatic carbocycles. The number of aromatic nitrogens is 1. The van der Waals surface area contributed by atoms with Crippen LogP contribution < -0.4 is 4.72 Å². The summed E-state index contributed by atoms with van der Waals surface area (Å²) in [6.45, 7) is 1.92.